The standard InChI is InChI=1S/C10H11N5O/c1-6-8(11)9(15-14-6)10(16)13-7-4-2-3-5-12-7/h2-5H,11H2,1H3,(H,14,15)(H,12,13,16). The van der Waals surface area contributed by atoms with Crippen molar-refractivity contribution < 1.29 is 4.79 Å². The lowest BCUT2D eigenvalue weighted by molar-refractivity contribution is 0.102. The zero-order valence-electron chi connectivity index (χ0n) is 8.69. The molecular weight excluding hydrogens is 206 g/mol. The zero-order chi connectivity index (χ0) is 11.5. The molecule has 0 saturated heterocycles. The van der Waals surface area contributed by atoms with Crippen molar-refractivity contribution in [3.05, 3.63) is 35.8 Å². The van der Waals surface area contributed by atoms with Crippen molar-refractivity contribution in [2.75, 3.05) is 11.1 Å². The lowest BCUT2D eigenvalue weighted by Gasteiger charge is -2.01. The van der Waals surface area contributed by atoms with E-state index in [-0.39, 0.29) is 11.6 Å². The van der Waals surface area contributed by atoms with Gasteiger partial charge in [0.2, 0.25) is 0 Å². The summed E-state index contributed by atoms with van der Waals surface area (Å²) in [5.74, 6) is 0.0908. The number of pyridine rings is 1. The third-order valence-electron chi connectivity index (χ3n) is 2.12. The van der Waals surface area contributed by atoms with Crippen LogP contribution in [0.2, 0.25) is 0 Å². The molecule has 0 fully saturated rings. The van der Waals surface area contributed by atoms with Crippen LogP contribution in [-0.4, -0.2) is 21.1 Å². The Morgan fingerprint density at radius 2 is 2.31 bits per heavy atom. The van der Waals surface area contributed by atoms with E-state index in [9.17, 15) is 4.79 Å². The van der Waals surface area contributed by atoms with Gasteiger partial charge in [-0.2, -0.15) is 5.10 Å². The molecule has 0 saturated carbocycles. The number of hydrogen-bond acceptors (Lipinski definition) is 4. The predicted octanol–water partition coefficient (Wildman–Crippen LogP) is 0.948. The van der Waals surface area contributed by atoms with Gasteiger partial charge < -0.3 is 11.1 Å². The Labute approximate surface area is 91.9 Å². The molecule has 0 aliphatic carbocycles. The Bertz CT molecular complexity index is 505. The first kappa shape index (κ1) is 10.2. The number of amides is 1. The highest BCUT2D eigenvalue weighted by atomic mass is 16.2. The van der Waals surface area contributed by atoms with Gasteiger partial charge in [-0.25, -0.2) is 4.98 Å². The monoisotopic (exact) mass is 217 g/mol. The van der Waals surface area contributed by atoms with E-state index in [2.05, 4.69) is 20.5 Å². The third-order valence-corrected chi connectivity index (χ3v) is 2.12. The van der Waals surface area contributed by atoms with Crippen molar-refractivity contribution >= 4 is 17.4 Å². The third kappa shape index (κ3) is 1.85. The van der Waals surface area contributed by atoms with Crippen LogP contribution in [0.5, 0.6) is 0 Å². The second-order valence-electron chi connectivity index (χ2n) is 3.28. The summed E-state index contributed by atoms with van der Waals surface area (Å²) in [5, 5.41) is 9.07. The minimum Gasteiger partial charge on any atom is -0.395 e. The first-order valence-corrected chi connectivity index (χ1v) is 4.71. The highest BCUT2D eigenvalue weighted by Crippen LogP contribution is 2.13. The van der Waals surface area contributed by atoms with E-state index in [1.165, 1.54) is 0 Å². The molecule has 2 aromatic rings. The quantitative estimate of drug-likeness (QED) is 0.697. The second kappa shape index (κ2) is 4.01. The first-order valence-electron chi connectivity index (χ1n) is 4.71. The van der Waals surface area contributed by atoms with Gasteiger partial charge >= 0.3 is 0 Å². The van der Waals surface area contributed by atoms with Crippen molar-refractivity contribution in [3.63, 3.8) is 0 Å². The summed E-state index contributed by atoms with van der Waals surface area (Å²) >= 11 is 0. The molecule has 0 unspecified atom stereocenters. The lowest BCUT2D eigenvalue weighted by atomic mass is 10.3. The average Bonchev–Trinajstić information content (AvgIpc) is 2.61. The number of nitrogens with one attached hydrogen (secondary N) is 2. The zero-order valence-corrected chi connectivity index (χ0v) is 8.69. The Hall–Kier alpha value is -2.37. The number of aromatic amines is 1. The molecule has 6 nitrogen and oxygen atoms in total. The minimum absolute atomic E-state index is 0.183. The van der Waals surface area contributed by atoms with Crippen LogP contribution in [0.1, 0.15) is 16.2 Å². The van der Waals surface area contributed by atoms with E-state index in [1.54, 1.807) is 31.3 Å². The maximum absolute atomic E-state index is 11.7. The number of carbonyl (C=O) groups excluding carboxylic acids is 1. The molecule has 6 heteroatoms. The Morgan fingerprint density at radius 3 is 2.88 bits per heavy atom. The Balaban J connectivity index is 2.18. The topological polar surface area (TPSA) is 96.7 Å². The fraction of sp³-hybridized carbons (Fsp3) is 0.100. The fourth-order valence-electron chi connectivity index (χ4n) is 1.22. The van der Waals surface area contributed by atoms with Gasteiger partial charge in [0.05, 0.1) is 11.4 Å². The number of H-pyrrole nitrogens is 1. The summed E-state index contributed by atoms with van der Waals surface area (Å²) in [7, 11) is 0. The highest BCUT2D eigenvalue weighted by Gasteiger charge is 2.15. The lowest BCUT2D eigenvalue weighted by Crippen LogP contribution is -2.15. The molecule has 0 aliphatic heterocycles. The smallest absolute Gasteiger partial charge is 0.279 e. The number of aromatic nitrogens is 3. The number of anilines is 2. The summed E-state index contributed by atoms with van der Waals surface area (Å²) in [6, 6.07) is 5.23. The number of nitrogens with two attached hydrogens (primary N) is 1. The largest absolute Gasteiger partial charge is 0.395 e. The SMILES string of the molecule is Cc1[nH]nc(C(=O)Nc2ccccn2)c1N. The second-order valence-corrected chi connectivity index (χ2v) is 3.28. The fourth-order valence-corrected chi connectivity index (χ4v) is 1.22. The van der Waals surface area contributed by atoms with Crippen molar-refractivity contribution in [2.24, 2.45) is 0 Å². The predicted molar refractivity (Wildman–Crippen MR) is 59.9 cm³/mol. The van der Waals surface area contributed by atoms with E-state index in [4.69, 9.17) is 5.73 Å². The normalized spacial score (nSPS) is 10.1. The average molecular weight is 217 g/mol. The van der Waals surface area contributed by atoms with Crippen LogP contribution in [0.25, 0.3) is 0 Å². The molecule has 0 bridgehead atoms. The van der Waals surface area contributed by atoms with Gasteiger partial charge in [-0.1, -0.05) is 6.07 Å². The molecule has 2 heterocycles. The van der Waals surface area contributed by atoms with Gasteiger partial charge in [0.1, 0.15) is 5.82 Å². The number of rotatable bonds is 2. The van der Waals surface area contributed by atoms with Crippen molar-refractivity contribution in [3.8, 4) is 0 Å². The van der Waals surface area contributed by atoms with Gasteiger partial charge in [-0.15, -0.1) is 0 Å². The minimum atomic E-state index is -0.374. The number of carbonyl (C=O) groups is 1. The Morgan fingerprint density at radius 1 is 1.50 bits per heavy atom. The maximum Gasteiger partial charge on any atom is 0.279 e. The van der Waals surface area contributed by atoms with Gasteiger partial charge in [0.25, 0.3) is 5.91 Å². The molecule has 82 valence electrons. The van der Waals surface area contributed by atoms with Gasteiger partial charge in [0.15, 0.2) is 5.69 Å². The van der Waals surface area contributed by atoms with Crippen LogP contribution in [0.15, 0.2) is 24.4 Å². The number of nitrogen functional groups attached to an aromatic ring is 1. The van der Waals surface area contributed by atoms with E-state index in [0.717, 1.165) is 0 Å². The summed E-state index contributed by atoms with van der Waals surface area (Å²) < 4.78 is 0. The van der Waals surface area contributed by atoms with Gasteiger partial charge in [-0.05, 0) is 19.1 Å². The molecular formula is C10H11N5O. The molecule has 2 rings (SSSR count). The number of nitrogens with zero attached hydrogens (tertiary/aromatic N) is 2. The molecule has 16 heavy (non-hydrogen) atoms. The molecule has 4 N–H and O–H groups in total. The molecule has 0 aliphatic rings. The van der Waals surface area contributed by atoms with E-state index in [1.807, 2.05) is 0 Å². The van der Waals surface area contributed by atoms with Crippen molar-refractivity contribution in [1.82, 2.24) is 15.2 Å². The van der Waals surface area contributed by atoms with Gasteiger partial charge in [0, 0.05) is 6.20 Å². The van der Waals surface area contributed by atoms with E-state index < -0.39 is 0 Å². The molecule has 0 radical (unpaired) electrons. The molecule has 0 atom stereocenters. The van der Waals surface area contributed by atoms with Crippen molar-refractivity contribution in [2.45, 2.75) is 6.92 Å². The van der Waals surface area contributed by atoms with Gasteiger partial charge in [-0.3, -0.25) is 9.89 Å². The Kier molecular flexibility index (Phi) is 2.55. The molecule has 0 aromatic carbocycles. The van der Waals surface area contributed by atoms with Crippen LogP contribution in [-0.2, 0) is 0 Å². The van der Waals surface area contributed by atoms with E-state index >= 15 is 0 Å². The molecule has 2 aromatic heterocycles. The van der Waals surface area contributed by atoms with Crippen LogP contribution < -0.4 is 11.1 Å². The summed E-state index contributed by atoms with van der Waals surface area (Å²) in [4.78, 5) is 15.7. The molecule has 0 spiro atoms. The van der Waals surface area contributed by atoms with Crippen LogP contribution in [0, 0.1) is 6.92 Å². The summed E-state index contributed by atoms with van der Waals surface area (Å²) in [5.41, 5.74) is 6.89. The summed E-state index contributed by atoms with van der Waals surface area (Å²) in [6.45, 7) is 1.75. The number of aryl methyl sites for hydroxylation is 1. The van der Waals surface area contributed by atoms with Crippen LogP contribution in [0.3, 0.4) is 0 Å². The maximum atomic E-state index is 11.7. The summed E-state index contributed by atoms with van der Waals surface area (Å²) in [6.07, 6.45) is 1.59. The van der Waals surface area contributed by atoms with Crippen molar-refractivity contribution in [1.29, 1.82) is 0 Å². The number of hydrogen-bond donors (Lipinski definition) is 3. The highest BCUT2D eigenvalue weighted by molar-refractivity contribution is 6.06. The first-order chi connectivity index (χ1) is 7.68. The van der Waals surface area contributed by atoms with Crippen LogP contribution >= 0.6 is 0 Å². The molecule has 1 amide bonds. The van der Waals surface area contributed by atoms with Crippen LogP contribution in [0.4, 0.5) is 11.5 Å². The van der Waals surface area contributed by atoms with E-state index in [0.29, 0.717) is 17.2 Å².